The predicted octanol–water partition coefficient (Wildman–Crippen LogP) is 6.32. The molecule has 0 N–H and O–H groups in total. The van der Waals surface area contributed by atoms with Crippen molar-refractivity contribution in [2.45, 2.75) is 38.5 Å². The topological polar surface area (TPSA) is 49.7 Å². The Labute approximate surface area is 189 Å². The molecule has 0 bridgehead atoms. The van der Waals surface area contributed by atoms with E-state index >= 15 is 0 Å². The Balaban J connectivity index is 0.000000357. The molecule has 3 saturated heterocycles. The number of nitrogens with zero attached hydrogens (tertiary/aromatic N) is 6. The van der Waals surface area contributed by atoms with Crippen molar-refractivity contribution >= 4 is 26.8 Å². The maximum absolute atomic E-state index is 10.7. The second-order valence-corrected chi connectivity index (χ2v) is 13.3. The summed E-state index contributed by atoms with van der Waals surface area (Å²) in [5.74, 6) is 0. The third-order valence-electron chi connectivity index (χ3n) is 5.86. The standard InChI is InChI=1S/C18H28N6OP.F6P/c1-2-10-18-17(9-1)19-20-24(18)25-26(21-11-3-4-12-21,22-13-5-6-14-22)23-15-7-8-16-23;1-7(2,3,4,5)6/h1-2,9-10H,3-8,11-16H2;/q;-1/p+1. The van der Waals surface area contributed by atoms with Gasteiger partial charge in [0.15, 0.2) is 0 Å². The van der Waals surface area contributed by atoms with Crippen molar-refractivity contribution in [2.24, 2.45) is 0 Å². The minimum absolute atomic E-state index is 0. The first-order valence-corrected chi connectivity index (χ1v) is 14.6. The maximum atomic E-state index is 9.87. The van der Waals surface area contributed by atoms with E-state index < -0.39 is 15.8 Å². The number of para-hydroxylation sites is 1. The van der Waals surface area contributed by atoms with Crippen molar-refractivity contribution in [1.82, 2.24) is 29.2 Å². The van der Waals surface area contributed by atoms with Crippen molar-refractivity contribution < 1.29 is 31.2 Å². The molecule has 4 heterocycles. The van der Waals surface area contributed by atoms with Gasteiger partial charge in [-0.15, -0.1) is 5.10 Å². The van der Waals surface area contributed by atoms with Crippen molar-refractivity contribution in [3.05, 3.63) is 24.3 Å². The van der Waals surface area contributed by atoms with E-state index in [1.807, 2.05) is 18.2 Å². The van der Waals surface area contributed by atoms with E-state index in [9.17, 15) is 25.2 Å². The van der Waals surface area contributed by atoms with E-state index in [4.69, 9.17) is 4.62 Å². The molecule has 0 spiro atoms. The molecule has 0 amide bonds. The second-order valence-electron chi connectivity index (χ2n) is 8.49. The zero-order valence-electron chi connectivity index (χ0n) is 19.0. The summed E-state index contributed by atoms with van der Waals surface area (Å²) >= 11 is 0. The normalized spacial score (nSPS) is 23.3. The van der Waals surface area contributed by atoms with Gasteiger partial charge >= 0.3 is 34.4 Å². The zero-order valence-corrected chi connectivity index (χ0v) is 19.8. The summed E-state index contributed by atoms with van der Waals surface area (Å²) in [5, 5.41) is 8.72. The van der Waals surface area contributed by atoms with Crippen molar-refractivity contribution in [1.29, 1.82) is 0 Å². The van der Waals surface area contributed by atoms with Gasteiger partial charge in [-0.2, -0.15) is 0 Å². The van der Waals surface area contributed by atoms with Crippen molar-refractivity contribution in [3.63, 3.8) is 0 Å². The average molecular weight is 521 g/mol. The molecule has 0 atom stereocenters. The smallest absolute Gasteiger partial charge is 0.335 e. The van der Waals surface area contributed by atoms with Gasteiger partial charge in [0.2, 0.25) is 0 Å². The fourth-order valence-electron chi connectivity index (χ4n) is 4.59. The summed E-state index contributed by atoms with van der Waals surface area (Å²) in [6.07, 6.45) is 7.61. The molecule has 3 aliphatic heterocycles. The molecule has 189 valence electrons. The summed E-state index contributed by atoms with van der Waals surface area (Å²) in [5.41, 5.74) is 1.87. The Hall–Kier alpha value is -1.26. The molecule has 1 radical (unpaired) electrons. The fraction of sp³-hybridized carbons (Fsp3) is 0.667. The molecule has 0 aliphatic carbocycles. The molecule has 1 aromatic heterocycles. The molecule has 3 aliphatic rings. The van der Waals surface area contributed by atoms with Crippen LogP contribution in [0.4, 0.5) is 25.2 Å². The fourth-order valence-corrected chi connectivity index (χ4v) is 8.71. The quantitative estimate of drug-likeness (QED) is 0.339. The van der Waals surface area contributed by atoms with Crippen LogP contribution < -0.4 is 4.62 Å². The van der Waals surface area contributed by atoms with Crippen LogP contribution >= 0.6 is 15.8 Å². The van der Waals surface area contributed by atoms with Gasteiger partial charge < -0.3 is 4.62 Å². The van der Waals surface area contributed by atoms with Crippen LogP contribution in [0.5, 0.6) is 0 Å². The van der Waals surface area contributed by atoms with Gasteiger partial charge in [0.1, 0.15) is 11.0 Å². The first-order chi connectivity index (χ1) is 15.3. The number of rotatable bonds is 5. The summed E-state index contributed by atoms with van der Waals surface area (Å²) in [7, 11) is -12.7. The van der Waals surface area contributed by atoms with E-state index in [1.165, 1.54) is 38.5 Å². The molecule has 33 heavy (non-hydrogen) atoms. The molecule has 3 fully saturated rings. The van der Waals surface area contributed by atoms with Crippen LogP contribution in [0.1, 0.15) is 40.0 Å². The third kappa shape index (κ3) is 6.45. The second kappa shape index (κ2) is 8.45. The van der Waals surface area contributed by atoms with Gasteiger partial charge in [0, 0.05) is 39.3 Å². The average Bonchev–Trinajstić information content (AvgIpc) is 3.53. The molecular formula is C18H29F6N6OP2. The Kier molecular flexibility index (Phi) is 6.36. The number of aromatic nitrogens is 3. The molecule has 0 saturated carbocycles. The molecule has 0 unspecified atom stereocenters. The van der Waals surface area contributed by atoms with Gasteiger partial charge in [-0.1, -0.05) is 17.0 Å². The number of benzene rings is 1. The monoisotopic (exact) mass is 521 g/mol. The number of hydrogen-bond acceptors (Lipinski definition) is 6. The molecule has 5 rings (SSSR count). The van der Waals surface area contributed by atoms with Gasteiger partial charge in [-0.05, 0) is 55.9 Å². The zero-order chi connectivity index (χ0) is 23.8. The van der Waals surface area contributed by atoms with Gasteiger partial charge in [-0.25, -0.2) is 14.0 Å². The Morgan fingerprint density at radius 1 is 0.727 bits per heavy atom. The maximum Gasteiger partial charge on any atom is 1.00 e. The van der Waals surface area contributed by atoms with Crippen LogP contribution in [0.2, 0.25) is 0 Å². The minimum atomic E-state index is -10.7. The van der Waals surface area contributed by atoms with Crippen LogP contribution in [0.3, 0.4) is 0 Å². The Morgan fingerprint density at radius 3 is 1.55 bits per heavy atom. The van der Waals surface area contributed by atoms with Gasteiger partial charge in [0.25, 0.3) is 7.94 Å². The van der Waals surface area contributed by atoms with Crippen molar-refractivity contribution in [2.75, 3.05) is 39.3 Å². The molecular weight excluding hydrogens is 492 g/mol. The van der Waals surface area contributed by atoms with E-state index in [2.05, 4.69) is 30.4 Å². The van der Waals surface area contributed by atoms with Crippen LogP contribution in [0, 0.1) is 0 Å². The third-order valence-corrected chi connectivity index (χ3v) is 9.65. The van der Waals surface area contributed by atoms with E-state index in [1.54, 1.807) is 4.85 Å². The van der Waals surface area contributed by atoms with Gasteiger partial charge in [-0.3, -0.25) is 0 Å². The van der Waals surface area contributed by atoms with Gasteiger partial charge in [0.05, 0.1) is 0 Å². The van der Waals surface area contributed by atoms with Crippen molar-refractivity contribution in [3.8, 4) is 0 Å². The summed E-state index contributed by atoms with van der Waals surface area (Å²) in [4.78, 5) is 1.72. The van der Waals surface area contributed by atoms with E-state index in [-0.39, 0.29) is 1.43 Å². The van der Waals surface area contributed by atoms with E-state index in [0.29, 0.717) is 0 Å². The first kappa shape index (κ1) is 24.9. The first-order valence-electron chi connectivity index (χ1n) is 11.1. The number of halogens is 6. The molecule has 15 heteroatoms. The molecule has 7 nitrogen and oxygen atoms in total. The summed E-state index contributed by atoms with van der Waals surface area (Å²) in [6, 6.07) is 8.10. The molecule has 1 aromatic carbocycles. The molecule has 2 aromatic rings. The van der Waals surface area contributed by atoms with Crippen LogP contribution in [0.25, 0.3) is 11.0 Å². The van der Waals surface area contributed by atoms with Crippen LogP contribution in [0.15, 0.2) is 24.3 Å². The SMILES string of the molecule is F[P-](F)(F)(F)(F)F.[H+].c1ccc2c(c1)nnn2O[P](N1CCCC1)(N1CCCC1)N1CCCC1. The summed E-state index contributed by atoms with van der Waals surface area (Å²) in [6.45, 7) is 6.79. The largest absolute Gasteiger partial charge is 1.00 e. The minimum Gasteiger partial charge on any atom is -0.335 e. The van der Waals surface area contributed by atoms with E-state index in [0.717, 1.165) is 50.3 Å². The van der Waals surface area contributed by atoms with Crippen LogP contribution in [-0.4, -0.2) is 68.4 Å². The number of fused-ring (bicyclic) bond motifs is 1. The van der Waals surface area contributed by atoms with Crippen LogP contribution in [-0.2, 0) is 0 Å². The summed E-state index contributed by atoms with van der Waals surface area (Å²) < 4.78 is 74.1. The number of hydrogen-bond donors (Lipinski definition) is 0. The Morgan fingerprint density at radius 2 is 1.12 bits per heavy atom. The Bertz CT molecular complexity index is 911. The predicted molar refractivity (Wildman–Crippen MR) is 118 cm³/mol.